The minimum atomic E-state index is -0.868. The van der Waals surface area contributed by atoms with Gasteiger partial charge in [0.25, 0.3) is 0 Å². The zero-order valence-corrected chi connectivity index (χ0v) is 29.0. The molecule has 0 amide bonds. The van der Waals surface area contributed by atoms with Crippen molar-refractivity contribution in [3.8, 4) is 5.75 Å². The van der Waals surface area contributed by atoms with Crippen molar-refractivity contribution in [3.63, 3.8) is 0 Å². The number of nitrogens with zero attached hydrogens (tertiary/aromatic N) is 1. The van der Waals surface area contributed by atoms with Crippen molar-refractivity contribution in [3.05, 3.63) is 63.9 Å². The van der Waals surface area contributed by atoms with Crippen molar-refractivity contribution >= 4 is 50.4 Å². The number of hydrogen-bond donors (Lipinski definition) is 2. The van der Waals surface area contributed by atoms with Gasteiger partial charge in [0.15, 0.2) is 10.1 Å². The first kappa shape index (κ1) is 30.4. The monoisotopic (exact) mass is 661 g/mol. The fourth-order valence-corrected chi connectivity index (χ4v) is 13.9. The number of aromatic nitrogens is 1. The topological polar surface area (TPSA) is 79.7 Å². The Morgan fingerprint density at radius 1 is 1.04 bits per heavy atom. The highest BCUT2D eigenvalue weighted by Gasteiger charge is 2.74. The van der Waals surface area contributed by atoms with Crippen LogP contribution in [0.5, 0.6) is 5.75 Å². The number of benzene rings is 1. The molecule has 1 unspecified atom stereocenters. The average molecular weight is 662 g/mol. The van der Waals surface area contributed by atoms with Crippen LogP contribution in [0, 0.1) is 40.4 Å². The number of carbonyl (C=O) groups excluding carboxylic acids is 1. The maximum atomic E-state index is 14.6. The van der Waals surface area contributed by atoms with Crippen LogP contribution in [0.2, 0.25) is 0 Å². The number of aryl methyl sites for hydroxylation is 1. The maximum absolute atomic E-state index is 14.6. The Morgan fingerprint density at radius 3 is 2.60 bits per heavy atom. The molecule has 1 aromatic carbocycles. The van der Waals surface area contributed by atoms with E-state index in [9.17, 15) is 15.0 Å². The summed E-state index contributed by atoms with van der Waals surface area (Å²) in [4.78, 5) is 21.4. The van der Waals surface area contributed by atoms with E-state index in [1.54, 1.807) is 34.4 Å². The predicted octanol–water partition coefficient (Wildman–Crippen LogP) is 8.63. The summed E-state index contributed by atoms with van der Waals surface area (Å²) in [5.74, 6) is 2.07. The molecule has 2 aromatic heterocycles. The third-order valence-electron chi connectivity index (χ3n) is 13.0. The van der Waals surface area contributed by atoms with Gasteiger partial charge in [0.05, 0.1) is 33.4 Å². The van der Waals surface area contributed by atoms with E-state index in [-0.39, 0.29) is 34.1 Å². The van der Waals surface area contributed by atoms with Gasteiger partial charge in [-0.1, -0.05) is 43.8 Å². The molecule has 3 aromatic rings. The molecule has 45 heavy (non-hydrogen) atoms. The van der Waals surface area contributed by atoms with Crippen LogP contribution in [0.25, 0.3) is 10.2 Å². The highest BCUT2D eigenvalue weighted by atomic mass is 32.2. The summed E-state index contributed by atoms with van der Waals surface area (Å²) in [6.07, 6.45) is 12.8. The number of carbonyl (C=O) groups is 1. The SMILES string of the molecule is CCOc1ccc2nc(SC[C@]3(O)CC[C@H]4[C@]56C=C[C@@]7(C=C5C(=O)c5ccc(C)s5)CC(O)CC[C@]7(C)[C@H]6CC[C@@]43C)sc2c1. The van der Waals surface area contributed by atoms with Crippen LogP contribution in [0.15, 0.2) is 58.5 Å². The highest BCUT2D eigenvalue weighted by molar-refractivity contribution is 8.01. The Labute approximate surface area is 278 Å². The fourth-order valence-electron chi connectivity index (χ4n) is 10.6. The van der Waals surface area contributed by atoms with E-state index in [1.807, 2.05) is 31.2 Å². The number of ketones is 1. The van der Waals surface area contributed by atoms with Crippen LogP contribution < -0.4 is 4.74 Å². The summed E-state index contributed by atoms with van der Waals surface area (Å²) in [5.41, 5.74) is -0.0431. The Kier molecular flexibility index (Phi) is 6.93. The predicted molar refractivity (Wildman–Crippen MR) is 183 cm³/mol. The van der Waals surface area contributed by atoms with E-state index in [2.05, 4.69) is 45.1 Å². The summed E-state index contributed by atoms with van der Waals surface area (Å²) in [6, 6.07) is 10.1. The van der Waals surface area contributed by atoms with E-state index in [0.29, 0.717) is 24.7 Å². The molecule has 0 aliphatic heterocycles. The summed E-state index contributed by atoms with van der Waals surface area (Å²) < 4.78 is 7.78. The lowest BCUT2D eigenvalue weighted by Crippen LogP contribution is -2.67. The van der Waals surface area contributed by atoms with Crippen LogP contribution in [0.3, 0.4) is 0 Å². The van der Waals surface area contributed by atoms with E-state index in [0.717, 1.165) is 74.2 Å². The molecule has 8 heteroatoms. The fraction of sp³-hybridized carbons (Fsp3) is 0.568. The van der Waals surface area contributed by atoms with Gasteiger partial charge in [0.1, 0.15) is 5.75 Å². The lowest BCUT2D eigenvalue weighted by atomic mass is 9.33. The van der Waals surface area contributed by atoms with Crippen LogP contribution in [-0.2, 0) is 0 Å². The Morgan fingerprint density at radius 2 is 1.82 bits per heavy atom. The molecule has 8 atom stereocenters. The van der Waals surface area contributed by atoms with Crippen LogP contribution in [0.1, 0.15) is 80.3 Å². The molecule has 2 N–H and O–H groups in total. The summed E-state index contributed by atoms with van der Waals surface area (Å²) in [6.45, 7) is 9.45. The molecule has 0 saturated heterocycles. The molecule has 238 valence electrons. The molecule has 2 heterocycles. The molecule has 0 radical (unpaired) electrons. The molecule has 6 aliphatic rings. The molecule has 3 saturated carbocycles. The molecule has 6 aliphatic carbocycles. The summed E-state index contributed by atoms with van der Waals surface area (Å²) in [7, 11) is 0. The van der Waals surface area contributed by atoms with E-state index in [1.165, 1.54) is 0 Å². The minimum Gasteiger partial charge on any atom is -0.494 e. The normalized spacial score (nSPS) is 39.8. The molecule has 2 bridgehead atoms. The molecule has 5 nitrogen and oxygen atoms in total. The Hall–Kier alpha value is -1.97. The smallest absolute Gasteiger partial charge is 0.199 e. The zero-order valence-electron chi connectivity index (χ0n) is 26.6. The van der Waals surface area contributed by atoms with E-state index in [4.69, 9.17) is 9.72 Å². The first-order valence-electron chi connectivity index (χ1n) is 16.6. The molecular weight excluding hydrogens is 619 g/mol. The standard InChI is InChI=1S/C37H43NO4S3/c1-5-42-24-7-8-26-28(18-24)45-32(38-26)43-21-36(41)15-12-30-34(36,4)14-11-29-33(3)13-10-23(39)19-35(33)16-17-37(29,30)25(20-35)31(40)27-9-6-22(2)44-27/h6-9,16-18,20,23,29-30,39,41H,5,10-15,19,21H2,1-4H3/t23?,29-,30-,33-,34+,35+,36-,37-/m1/s1. The number of ether oxygens (including phenoxy) is 1. The van der Waals surface area contributed by atoms with Gasteiger partial charge in [-0.05, 0) is 106 Å². The number of aliphatic hydroxyl groups is 2. The second-order valence-corrected chi connectivity index (χ2v) is 18.4. The lowest BCUT2D eigenvalue weighted by Gasteiger charge is -2.71. The van der Waals surface area contributed by atoms with Crippen LogP contribution in [-0.4, -0.2) is 45.0 Å². The Bertz CT molecular complexity index is 1760. The van der Waals surface area contributed by atoms with Crippen LogP contribution >= 0.6 is 34.4 Å². The first-order chi connectivity index (χ1) is 21.5. The minimum absolute atomic E-state index is 0.0196. The Balaban J connectivity index is 1.16. The third kappa shape index (κ3) is 4.11. The van der Waals surface area contributed by atoms with Gasteiger partial charge in [-0.25, -0.2) is 4.98 Å². The number of allylic oxidation sites excluding steroid dienone is 4. The first-order valence-corrected chi connectivity index (χ1v) is 19.2. The van der Waals surface area contributed by atoms with Gasteiger partial charge in [0, 0.05) is 32.4 Å². The van der Waals surface area contributed by atoms with Gasteiger partial charge in [-0.3, -0.25) is 4.79 Å². The maximum Gasteiger partial charge on any atom is 0.199 e. The highest BCUT2D eigenvalue weighted by Crippen LogP contribution is 2.78. The third-order valence-corrected chi connectivity index (χ3v) is 16.4. The van der Waals surface area contributed by atoms with Gasteiger partial charge in [0.2, 0.25) is 0 Å². The average Bonchev–Trinajstić information content (AvgIpc) is 3.71. The quantitative estimate of drug-likeness (QED) is 0.150. The number of aliphatic hydroxyl groups excluding tert-OH is 1. The molecule has 9 rings (SSSR count). The number of thiazole rings is 1. The van der Waals surface area contributed by atoms with Crippen molar-refractivity contribution in [2.75, 3.05) is 12.4 Å². The summed E-state index contributed by atoms with van der Waals surface area (Å²) >= 11 is 4.93. The van der Waals surface area contributed by atoms with Gasteiger partial charge < -0.3 is 14.9 Å². The van der Waals surface area contributed by atoms with Crippen LogP contribution in [0.4, 0.5) is 0 Å². The number of hydrogen-bond acceptors (Lipinski definition) is 8. The van der Waals surface area contributed by atoms with Crippen molar-refractivity contribution < 1.29 is 19.7 Å². The second-order valence-electron chi connectivity index (χ2n) is 14.9. The molecular formula is C37H43NO4S3. The van der Waals surface area contributed by atoms with Gasteiger partial charge >= 0.3 is 0 Å². The van der Waals surface area contributed by atoms with Gasteiger partial charge in [-0.15, -0.1) is 22.7 Å². The number of thiophene rings is 1. The molecule has 2 spiro atoms. The second kappa shape index (κ2) is 10.3. The van der Waals surface area contributed by atoms with Crippen molar-refractivity contribution in [1.82, 2.24) is 4.98 Å². The van der Waals surface area contributed by atoms with Crippen molar-refractivity contribution in [2.45, 2.75) is 88.7 Å². The zero-order chi connectivity index (χ0) is 31.4. The van der Waals surface area contributed by atoms with E-state index >= 15 is 0 Å². The lowest BCUT2D eigenvalue weighted by molar-refractivity contribution is -0.166. The summed E-state index contributed by atoms with van der Waals surface area (Å²) in [5, 5.41) is 23.6. The number of fused-ring (bicyclic) bond motifs is 2. The molecule has 3 fully saturated rings. The van der Waals surface area contributed by atoms with Crippen molar-refractivity contribution in [1.29, 1.82) is 0 Å². The van der Waals surface area contributed by atoms with Crippen molar-refractivity contribution in [2.24, 2.45) is 33.5 Å². The number of thioether (sulfide) groups is 1. The number of rotatable bonds is 7. The van der Waals surface area contributed by atoms with Gasteiger partial charge in [-0.2, -0.15) is 0 Å². The number of Topliss-reactive ketones (excluding diaryl/α,β-unsaturated/α-hetero) is 1. The van der Waals surface area contributed by atoms with E-state index < -0.39 is 11.0 Å². The largest absolute Gasteiger partial charge is 0.494 e.